The Morgan fingerprint density at radius 1 is 1.21 bits per heavy atom. The Labute approximate surface area is 80.9 Å². The minimum absolute atomic E-state index is 0.583. The maximum Gasteiger partial charge on any atom is 0.414 e. The normalized spacial score (nSPS) is 22.0. The summed E-state index contributed by atoms with van der Waals surface area (Å²) < 4.78 is 5.12. The number of nitrogens with one attached hydrogen (secondary N) is 1. The van der Waals surface area contributed by atoms with E-state index < -0.39 is 11.9 Å². The summed E-state index contributed by atoms with van der Waals surface area (Å²) in [6, 6.07) is 0. The molecule has 0 radical (unpaired) electrons. The number of hydrogen-bond acceptors (Lipinski definition) is 4. The second-order valence-corrected chi connectivity index (χ2v) is 3.53. The fourth-order valence-corrected chi connectivity index (χ4v) is 1.43. The van der Waals surface area contributed by atoms with Gasteiger partial charge in [0.1, 0.15) is 0 Å². The maximum absolute atomic E-state index is 9.10. The molecule has 2 fully saturated rings. The molecule has 1 spiro atoms. The predicted octanol–water partition coefficient (Wildman–Crippen LogP) is -0.848. The molecule has 0 amide bonds. The zero-order valence-electron chi connectivity index (χ0n) is 7.65. The van der Waals surface area contributed by atoms with E-state index in [1.54, 1.807) is 0 Å². The first-order valence-corrected chi connectivity index (χ1v) is 4.30. The summed E-state index contributed by atoms with van der Waals surface area (Å²) in [7, 11) is 0. The number of carboxylic acids is 2. The number of ether oxygens (including phenoxy) is 1. The first-order chi connectivity index (χ1) is 6.56. The second kappa shape index (κ2) is 4.39. The molecule has 2 saturated heterocycles. The van der Waals surface area contributed by atoms with E-state index in [2.05, 4.69) is 5.32 Å². The minimum Gasteiger partial charge on any atom is -0.473 e. The van der Waals surface area contributed by atoms with Crippen molar-refractivity contribution in [3.63, 3.8) is 0 Å². The van der Waals surface area contributed by atoms with Crippen LogP contribution in [0.5, 0.6) is 0 Å². The molecule has 14 heavy (non-hydrogen) atoms. The Morgan fingerprint density at radius 2 is 1.79 bits per heavy atom. The van der Waals surface area contributed by atoms with Crippen LogP contribution in [0.4, 0.5) is 0 Å². The van der Waals surface area contributed by atoms with Gasteiger partial charge in [0.25, 0.3) is 0 Å². The van der Waals surface area contributed by atoms with Gasteiger partial charge in [-0.05, 0) is 13.0 Å². The van der Waals surface area contributed by atoms with Gasteiger partial charge in [0, 0.05) is 12.0 Å². The molecule has 0 aromatic rings. The van der Waals surface area contributed by atoms with Crippen molar-refractivity contribution in [2.75, 3.05) is 26.3 Å². The maximum atomic E-state index is 9.10. The molecular formula is C8H13NO5. The lowest BCUT2D eigenvalue weighted by Gasteiger charge is -2.36. The molecule has 6 nitrogen and oxygen atoms in total. The van der Waals surface area contributed by atoms with Crippen molar-refractivity contribution in [3.05, 3.63) is 0 Å². The van der Waals surface area contributed by atoms with E-state index in [9.17, 15) is 0 Å². The Balaban J connectivity index is 0.000000149. The topological polar surface area (TPSA) is 95.9 Å². The lowest BCUT2D eigenvalue weighted by atomic mass is 9.86. The van der Waals surface area contributed by atoms with Crippen LogP contribution in [-0.2, 0) is 14.3 Å². The highest BCUT2D eigenvalue weighted by atomic mass is 16.5. The van der Waals surface area contributed by atoms with Crippen LogP contribution in [-0.4, -0.2) is 48.5 Å². The molecule has 0 aliphatic carbocycles. The van der Waals surface area contributed by atoms with Gasteiger partial charge in [-0.15, -0.1) is 0 Å². The molecule has 0 aromatic carbocycles. The van der Waals surface area contributed by atoms with Gasteiger partial charge in [0.05, 0.1) is 13.2 Å². The SMILES string of the molecule is C1CC2(CN1)COC2.O=C(O)C(=O)O. The van der Waals surface area contributed by atoms with Crippen LogP contribution in [0.2, 0.25) is 0 Å². The van der Waals surface area contributed by atoms with E-state index in [0.717, 1.165) is 13.2 Å². The Bertz CT molecular complexity index is 216. The molecule has 80 valence electrons. The molecule has 0 saturated carbocycles. The third-order valence-corrected chi connectivity index (χ3v) is 2.33. The van der Waals surface area contributed by atoms with Crippen LogP contribution in [0.25, 0.3) is 0 Å². The number of carbonyl (C=O) groups is 2. The fourth-order valence-electron chi connectivity index (χ4n) is 1.43. The van der Waals surface area contributed by atoms with Gasteiger partial charge in [-0.1, -0.05) is 0 Å². The summed E-state index contributed by atoms with van der Waals surface area (Å²) in [6.07, 6.45) is 1.33. The van der Waals surface area contributed by atoms with Gasteiger partial charge in [-0.3, -0.25) is 0 Å². The molecule has 3 N–H and O–H groups in total. The summed E-state index contributed by atoms with van der Waals surface area (Å²) >= 11 is 0. The highest BCUT2D eigenvalue weighted by Gasteiger charge is 2.40. The lowest BCUT2D eigenvalue weighted by molar-refractivity contribution is -0.159. The zero-order valence-corrected chi connectivity index (χ0v) is 7.65. The molecule has 0 bridgehead atoms. The highest BCUT2D eigenvalue weighted by Crippen LogP contribution is 2.32. The van der Waals surface area contributed by atoms with Crippen LogP contribution < -0.4 is 5.32 Å². The summed E-state index contributed by atoms with van der Waals surface area (Å²) in [4.78, 5) is 18.2. The van der Waals surface area contributed by atoms with Gasteiger partial charge in [0.15, 0.2) is 0 Å². The Kier molecular flexibility index (Phi) is 3.43. The molecule has 2 rings (SSSR count). The largest absolute Gasteiger partial charge is 0.473 e. The molecule has 0 atom stereocenters. The first kappa shape index (κ1) is 10.9. The molecule has 2 heterocycles. The van der Waals surface area contributed by atoms with Crippen molar-refractivity contribution in [2.24, 2.45) is 5.41 Å². The van der Waals surface area contributed by atoms with E-state index in [0.29, 0.717) is 5.41 Å². The third kappa shape index (κ3) is 2.68. The Morgan fingerprint density at radius 3 is 1.93 bits per heavy atom. The zero-order chi connectivity index (χ0) is 10.6. The van der Waals surface area contributed by atoms with Gasteiger partial charge < -0.3 is 20.3 Å². The van der Waals surface area contributed by atoms with E-state index in [4.69, 9.17) is 24.5 Å². The van der Waals surface area contributed by atoms with Gasteiger partial charge in [-0.2, -0.15) is 0 Å². The van der Waals surface area contributed by atoms with E-state index >= 15 is 0 Å². The summed E-state index contributed by atoms with van der Waals surface area (Å²) in [6.45, 7) is 4.39. The van der Waals surface area contributed by atoms with Crippen molar-refractivity contribution in [1.29, 1.82) is 0 Å². The predicted molar refractivity (Wildman–Crippen MR) is 46.0 cm³/mol. The molecule has 2 aliphatic heterocycles. The van der Waals surface area contributed by atoms with Crippen LogP contribution in [0, 0.1) is 5.41 Å². The summed E-state index contributed by atoms with van der Waals surface area (Å²) in [5.74, 6) is -3.65. The fraction of sp³-hybridized carbons (Fsp3) is 0.750. The molecular weight excluding hydrogens is 190 g/mol. The highest BCUT2D eigenvalue weighted by molar-refractivity contribution is 6.27. The second-order valence-electron chi connectivity index (χ2n) is 3.53. The first-order valence-electron chi connectivity index (χ1n) is 4.30. The number of hydrogen-bond donors (Lipinski definition) is 3. The molecule has 0 unspecified atom stereocenters. The number of aliphatic carboxylic acids is 2. The molecule has 0 aromatic heterocycles. The average molecular weight is 203 g/mol. The summed E-state index contributed by atoms with van der Waals surface area (Å²) in [5.41, 5.74) is 0.583. The number of carboxylic acid groups (broad SMARTS) is 2. The van der Waals surface area contributed by atoms with Gasteiger partial charge in [-0.25, -0.2) is 9.59 Å². The number of rotatable bonds is 0. The van der Waals surface area contributed by atoms with Crippen LogP contribution in [0.1, 0.15) is 6.42 Å². The molecule has 2 aliphatic rings. The quantitative estimate of drug-likeness (QED) is 0.444. The summed E-state index contributed by atoms with van der Waals surface area (Å²) in [5, 5.41) is 18.1. The van der Waals surface area contributed by atoms with Gasteiger partial charge in [0.2, 0.25) is 0 Å². The van der Waals surface area contributed by atoms with Crippen molar-refractivity contribution < 1.29 is 24.5 Å². The molecule has 6 heteroatoms. The van der Waals surface area contributed by atoms with E-state index in [1.807, 2.05) is 0 Å². The third-order valence-electron chi connectivity index (χ3n) is 2.33. The van der Waals surface area contributed by atoms with Crippen molar-refractivity contribution in [1.82, 2.24) is 5.32 Å². The van der Waals surface area contributed by atoms with Crippen molar-refractivity contribution in [3.8, 4) is 0 Å². The monoisotopic (exact) mass is 203 g/mol. The van der Waals surface area contributed by atoms with Crippen molar-refractivity contribution in [2.45, 2.75) is 6.42 Å². The van der Waals surface area contributed by atoms with E-state index in [-0.39, 0.29) is 0 Å². The van der Waals surface area contributed by atoms with Crippen LogP contribution in [0.3, 0.4) is 0 Å². The van der Waals surface area contributed by atoms with Gasteiger partial charge >= 0.3 is 11.9 Å². The Hall–Kier alpha value is -1.14. The van der Waals surface area contributed by atoms with E-state index in [1.165, 1.54) is 19.5 Å². The van der Waals surface area contributed by atoms with Crippen LogP contribution >= 0.6 is 0 Å². The minimum atomic E-state index is -1.82. The average Bonchev–Trinajstić information content (AvgIpc) is 2.51. The standard InChI is InChI=1S/C6H11NO.C2H2O4/c1-2-7-3-6(1)4-8-5-6;3-1(4)2(5)6/h7H,1-5H2;(H,3,4)(H,5,6). The lowest BCUT2D eigenvalue weighted by Crippen LogP contribution is -2.43. The van der Waals surface area contributed by atoms with Crippen LogP contribution in [0.15, 0.2) is 0 Å². The van der Waals surface area contributed by atoms with Crippen molar-refractivity contribution >= 4 is 11.9 Å². The smallest absolute Gasteiger partial charge is 0.414 e.